The van der Waals surface area contributed by atoms with Crippen LogP contribution < -0.4 is 10.2 Å². The van der Waals surface area contributed by atoms with Crippen molar-refractivity contribution in [1.29, 1.82) is 0 Å². The van der Waals surface area contributed by atoms with Gasteiger partial charge in [0.1, 0.15) is 0 Å². The molecule has 1 atom stereocenters. The molecule has 96 valence electrons. The summed E-state index contributed by atoms with van der Waals surface area (Å²) in [5, 5.41) is 4.25. The lowest BCUT2D eigenvalue weighted by molar-refractivity contribution is 0.662. The normalized spacial score (nSPS) is 12.4. The first-order chi connectivity index (χ1) is 8.70. The Hall–Kier alpha value is -1.46. The van der Waals surface area contributed by atoms with Gasteiger partial charge in [0.25, 0.3) is 0 Å². The largest absolute Gasteiger partial charge is 0.345 e. The predicted molar refractivity (Wildman–Crippen MR) is 75.9 cm³/mol. The maximum absolute atomic E-state index is 4.46. The molecule has 0 bridgehead atoms. The van der Waals surface area contributed by atoms with Crippen molar-refractivity contribution in [2.75, 3.05) is 19.0 Å². The van der Waals surface area contributed by atoms with Crippen LogP contribution in [0.1, 0.15) is 23.5 Å². The minimum absolute atomic E-state index is 0.347. The Morgan fingerprint density at radius 2 is 2.22 bits per heavy atom. The van der Waals surface area contributed by atoms with E-state index in [0.717, 1.165) is 17.4 Å². The van der Waals surface area contributed by atoms with Crippen LogP contribution in [0.3, 0.4) is 0 Å². The zero-order valence-corrected chi connectivity index (χ0v) is 11.7. The van der Waals surface area contributed by atoms with Crippen molar-refractivity contribution in [3.05, 3.63) is 41.2 Å². The third-order valence-electron chi connectivity index (χ3n) is 2.82. The van der Waals surface area contributed by atoms with E-state index in [1.165, 1.54) is 4.88 Å². The van der Waals surface area contributed by atoms with Gasteiger partial charge in [-0.2, -0.15) is 0 Å². The molecule has 2 aromatic rings. The van der Waals surface area contributed by atoms with Gasteiger partial charge in [0.05, 0.1) is 12.2 Å². The Bertz CT molecular complexity index is 483. The molecule has 0 aliphatic rings. The maximum atomic E-state index is 4.46. The van der Waals surface area contributed by atoms with Gasteiger partial charge in [-0.15, -0.1) is 11.3 Å². The van der Waals surface area contributed by atoms with Gasteiger partial charge in [0, 0.05) is 30.4 Å². The topological polar surface area (TPSA) is 41.1 Å². The van der Waals surface area contributed by atoms with Gasteiger partial charge in [-0.25, -0.2) is 4.98 Å². The number of nitrogens with one attached hydrogen (secondary N) is 1. The third-order valence-corrected chi connectivity index (χ3v) is 4.12. The van der Waals surface area contributed by atoms with E-state index in [9.17, 15) is 0 Å². The maximum Gasteiger partial charge on any atom is 0.185 e. The second-order valence-electron chi connectivity index (χ2n) is 4.23. The summed E-state index contributed by atoms with van der Waals surface area (Å²) in [6.45, 7) is 2.91. The van der Waals surface area contributed by atoms with E-state index >= 15 is 0 Å². The molecule has 0 fully saturated rings. The van der Waals surface area contributed by atoms with E-state index in [1.54, 1.807) is 11.3 Å². The average Bonchev–Trinajstić information content (AvgIpc) is 2.88. The summed E-state index contributed by atoms with van der Waals surface area (Å²) in [7, 11) is 4.00. The molecule has 0 spiro atoms. The summed E-state index contributed by atoms with van der Waals surface area (Å²) in [6, 6.07) is 6.31. The van der Waals surface area contributed by atoms with Crippen LogP contribution in [-0.2, 0) is 6.54 Å². The Balaban J connectivity index is 2.05. The van der Waals surface area contributed by atoms with Gasteiger partial charge in [-0.05, 0) is 26.1 Å². The molecule has 5 heteroatoms. The van der Waals surface area contributed by atoms with Crippen LogP contribution in [0.5, 0.6) is 0 Å². The molecule has 1 unspecified atom stereocenters. The predicted octanol–water partition coefficient (Wildman–Crippen LogP) is 2.45. The molecule has 2 aromatic heterocycles. The van der Waals surface area contributed by atoms with Gasteiger partial charge in [-0.1, -0.05) is 6.07 Å². The van der Waals surface area contributed by atoms with Crippen LogP contribution in [0.15, 0.2) is 30.6 Å². The molecule has 0 aliphatic heterocycles. The summed E-state index contributed by atoms with van der Waals surface area (Å²) in [4.78, 5) is 12.2. The molecule has 0 saturated heterocycles. The van der Waals surface area contributed by atoms with Crippen molar-refractivity contribution in [1.82, 2.24) is 15.3 Å². The molecule has 4 nitrogen and oxygen atoms in total. The van der Waals surface area contributed by atoms with Crippen molar-refractivity contribution in [3.63, 3.8) is 0 Å². The first-order valence-electron chi connectivity index (χ1n) is 5.94. The van der Waals surface area contributed by atoms with Gasteiger partial charge in [0.2, 0.25) is 0 Å². The van der Waals surface area contributed by atoms with Crippen LogP contribution in [0.2, 0.25) is 0 Å². The van der Waals surface area contributed by atoms with Crippen molar-refractivity contribution in [2.24, 2.45) is 0 Å². The fourth-order valence-electron chi connectivity index (χ4n) is 1.60. The minimum Gasteiger partial charge on any atom is -0.345 e. The second kappa shape index (κ2) is 5.93. The second-order valence-corrected chi connectivity index (χ2v) is 5.27. The highest BCUT2D eigenvalue weighted by atomic mass is 32.1. The number of hydrogen-bond acceptors (Lipinski definition) is 5. The first kappa shape index (κ1) is 13.0. The first-order valence-corrected chi connectivity index (χ1v) is 6.76. The molecule has 18 heavy (non-hydrogen) atoms. The third kappa shape index (κ3) is 3.05. The van der Waals surface area contributed by atoms with Crippen LogP contribution in [0, 0.1) is 0 Å². The molecule has 2 heterocycles. The monoisotopic (exact) mass is 262 g/mol. The van der Waals surface area contributed by atoms with Crippen molar-refractivity contribution in [2.45, 2.75) is 19.5 Å². The highest BCUT2D eigenvalue weighted by Crippen LogP contribution is 2.26. The standard InChI is InChI=1S/C13H18N4S/c1-10(14-2)12-8-16-13(18-12)17(3)9-11-6-4-5-7-15-11/h4-8,10,14H,9H2,1-3H3. The summed E-state index contributed by atoms with van der Waals surface area (Å²) < 4.78 is 0. The highest BCUT2D eigenvalue weighted by molar-refractivity contribution is 7.15. The highest BCUT2D eigenvalue weighted by Gasteiger charge is 2.11. The van der Waals surface area contributed by atoms with Crippen molar-refractivity contribution >= 4 is 16.5 Å². The molecule has 0 amide bonds. The van der Waals surface area contributed by atoms with E-state index in [1.807, 2.05) is 44.7 Å². The molecule has 0 aromatic carbocycles. The molecule has 1 N–H and O–H groups in total. The van der Waals surface area contributed by atoms with Crippen LogP contribution in [0.25, 0.3) is 0 Å². The Kier molecular flexibility index (Phi) is 4.28. The molecule has 0 radical (unpaired) electrons. The number of anilines is 1. The average molecular weight is 262 g/mol. The number of rotatable bonds is 5. The van der Waals surface area contributed by atoms with Gasteiger partial charge in [-0.3, -0.25) is 4.98 Å². The van der Waals surface area contributed by atoms with Gasteiger partial charge < -0.3 is 10.2 Å². The Morgan fingerprint density at radius 3 is 2.89 bits per heavy atom. The summed E-state index contributed by atoms with van der Waals surface area (Å²) in [5.74, 6) is 0. The number of thiazole rings is 1. The smallest absolute Gasteiger partial charge is 0.185 e. The molecule has 2 rings (SSSR count). The molecular formula is C13H18N4S. The molecule has 0 saturated carbocycles. The van der Waals surface area contributed by atoms with E-state index in [4.69, 9.17) is 0 Å². The zero-order chi connectivity index (χ0) is 13.0. The van der Waals surface area contributed by atoms with E-state index in [0.29, 0.717) is 6.04 Å². The number of pyridine rings is 1. The molecular weight excluding hydrogens is 244 g/mol. The molecule has 0 aliphatic carbocycles. The Morgan fingerprint density at radius 1 is 1.39 bits per heavy atom. The van der Waals surface area contributed by atoms with Crippen molar-refractivity contribution < 1.29 is 0 Å². The fourth-order valence-corrected chi connectivity index (χ4v) is 2.53. The van der Waals surface area contributed by atoms with E-state index in [-0.39, 0.29) is 0 Å². The van der Waals surface area contributed by atoms with E-state index in [2.05, 4.69) is 27.1 Å². The quantitative estimate of drug-likeness (QED) is 0.898. The summed E-state index contributed by atoms with van der Waals surface area (Å²) >= 11 is 1.72. The van der Waals surface area contributed by atoms with Crippen LogP contribution >= 0.6 is 11.3 Å². The summed E-state index contributed by atoms with van der Waals surface area (Å²) in [6.07, 6.45) is 3.76. The van der Waals surface area contributed by atoms with Crippen LogP contribution in [0.4, 0.5) is 5.13 Å². The summed E-state index contributed by atoms with van der Waals surface area (Å²) in [5.41, 5.74) is 1.05. The van der Waals surface area contributed by atoms with Crippen LogP contribution in [-0.4, -0.2) is 24.1 Å². The number of aromatic nitrogens is 2. The zero-order valence-electron chi connectivity index (χ0n) is 10.9. The SMILES string of the molecule is CNC(C)c1cnc(N(C)Cc2ccccn2)s1. The Labute approximate surface area is 112 Å². The fraction of sp³-hybridized carbons (Fsp3) is 0.385. The number of hydrogen-bond donors (Lipinski definition) is 1. The number of nitrogens with zero attached hydrogens (tertiary/aromatic N) is 3. The lowest BCUT2D eigenvalue weighted by atomic mass is 10.3. The van der Waals surface area contributed by atoms with Crippen molar-refractivity contribution in [3.8, 4) is 0 Å². The minimum atomic E-state index is 0.347. The van der Waals surface area contributed by atoms with Gasteiger partial charge in [0.15, 0.2) is 5.13 Å². The van der Waals surface area contributed by atoms with E-state index < -0.39 is 0 Å². The van der Waals surface area contributed by atoms with Gasteiger partial charge >= 0.3 is 0 Å². The lowest BCUT2D eigenvalue weighted by Crippen LogP contribution is -2.16. The lowest BCUT2D eigenvalue weighted by Gasteiger charge is -2.14.